The van der Waals surface area contributed by atoms with E-state index in [2.05, 4.69) is 10.3 Å². The van der Waals surface area contributed by atoms with Gasteiger partial charge in [0.1, 0.15) is 0 Å². The number of rotatable bonds is 2. The van der Waals surface area contributed by atoms with Crippen LogP contribution < -0.4 is 10.2 Å². The molecule has 1 N–H and O–H groups in total. The molecule has 0 atom stereocenters. The molecule has 0 bridgehead atoms. The van der Waals surface area contributed by atoms with Gasteiger partial charge in [-0.25, -0.2) is 4.98 Å². The number of aromatic nitrogens is 1. The average Bonchev–Trinajstić information content (AvgIpc) is 2.38. The fraction of sp³-hybridized carbons (Fsp3) is 0.583. The molecule has 18 heavy (non-hydrogen) atoms. The molecule has 0 aromatic carbocycles. The van der Waals surface area contributed by atoms with E-state index < -0.39 is 12.1 Å². The maximum absolute atomic E-state index is 12.6. The van der Waals surface area contributed by atoms with E-state index in [1.165, 1.54) is 0 Å². The Morgan fingerprint density at radius 3 is 2.56 bits per heavy atom. The van der Waals surface area contributed by atoms with Crippen molar-refractivity contribution in [2.75, 3.05) is 30.4 Å². The van der Waals surface area contributed by atoms with Gasteiger partial charge in [0.15, 0.2) is 5.82 Å². The van der Waals surface area contributed by atoms with Gasteiger partial charge in [-0.05, 0) is 25.0 Å². The van der Waals surface area contributed by atoms with Crippen LogP contribution in [0.15, 0.2) is 18.3 Å². The standard InChI is InChI=1S/C12H16F3N3/c1-16-10-3-2-6-17-11(10)18-7-4-9(5-8-18)12(13,14)15/h2-3,6,9,16H,4-5,7-8H2,1H3. The van der Waals surface area contributed by atoms with Crippen LogP contribution in [-0.4, -0.2) is 31.3 Å². The number of nitrogens with zero attached hydrogens (tertiary/aromatic N) is 2. The molecule has 1 saturated heterocycles. The van der Waals surface area contributed by atoms with E-state index in [0.717, 1.165) is 11.5 Å². The number of hydrogen-bond acceptors (Lipinski definition) is 3. The normalized spacial score (nSPS) is 17.9. The lowest BCUT2D eigenvalue weighted by molar-refractivity contribution is -0.179. The molecule has 6 heteroatoms. The molecule has 0 aliphatic carbocycles. The molecule has 1 aliphatic rings. The van der Waals surface area contributed by atoms with Crippen molar-refractivity contribution in [2.45, 2.75) is 19.0 Å². The van der Waals surface area contributed by atoms with Crippen LogP contribution in [0.25, 0.3) is 0 Å². The van der Waals surface area contributed by atoms with Crippen molar-refractivity contribution in [3.63, 3.8) is 0 Å². The van der Waals surface area contributed by atoms with Gasteiger partial charge in [0.05, 0.1) is 11.6 Å². The third kappa shape index (κ3) is 2.68. The van der Waals surface area contributed by atoms with Crippen LogP contribution in [0.2, 0.25) is 0 Å². The molecule has 3 nitrogen and oxygen atoms in total. The second kappa shape index (κ2) is 5.04. The zero-order valence-corrected chi connectivity index (χ0v) is 10.2. The van der Waals surface area contributed by atoms with E-state index in [-0.39, 0.29) is 12.8 Å². The largest absolute Gasteiger partial charge is 0.391 e. The highest BCUT2D eigenvalue weighted by molar-refractivity contribution is 5.65. The summed E-state index contributed by atoms with van der Waals surface area (Å²) in [7, 11) is 1.78. The minimum Gasteiger partial charge on any atom is -0.385 e. The van der Waals surface area contributed by atoms with E-state index in [1.54, 1.807) is 19.3 Å². The van der Waals surface area contributed by atoms with Crippen molar-refractivity contribution in [1.82, 2.24) is 4.98 Å². The number of nitrogens with one attached hydrogen (secondary N) is 1. The van der Waals surface area contributed by atoms with Gasteiger partial charge in [-0.2, -0.15) is 13.2 Å². The zero-order chi connectivity index (χ0) is 13.2. The van der Waals surface area contributed by atoms with Gasteiger partial charge in [-0.1, -0.05) is 0 Å². The number of halogens is 3. The van der Waals surface area contributed by atoms with Crippen molar-refractivity contribution in [3.05, 3.63) is 18.3 Å². The van der Waals surface area contributed by atoms with E-state index in [0.29, 0.717) is 13.1 Å². The molecule has 1 aromatic heterocycles. The van der Waals surface area contributed by atoms with Crippen LogP contribution in [-0.2, 0) is 0 Å². The van der Waals surface area contributed by atoms with Gasteiger partial charge in [-0.3, -0.25) is 0 Å². The zero-order valence-electron chi connectivity index (χ0n) is 10.2. The fourth-order valence-corrected chi connectivity index (χ4v) is 2.26. The first kappa shape index (κ1) is 13.0. The highest BCUT2D eigenvalue weighted by Crippen LogP contribution is 2.36. The number of anilines is 2. The molecule has 0 radical (unpaired) electrons. The lowest BCUT2D eigenvalue weighted by Crippen LogP contribution is -2.39. The predicted molar refractivity (Wildman–Crippen MR) is 64.8 cm³/mol. The van der Waals surface area contributed by atoms with E-state index in [4.69, 9.17) is 0 Å². The summed E-state index contributed by atoms with van der Waals surface area (Å²) in [5, 5.41) is 3.01. The Bertz CT molecular complexity index is 398. The highest BCUT2D eigenvalue weighted by atomic mass is 19.4. The summed E-state index contributed by atoms with van der Waals surface area (Å²) in [6.07, 6.45) is -2.12. The molecule has 2 rings (SSSR count). The summed E-state index contributed by atoms with van der Waals surface area (Å²) in [5.41, 5.74) is 0.850. The molecule has 1 aromatic rings. The summed E-state index contributed by atoms with van der Waals surface area (Å²) >= 11 is 0. The SMILES string of the molecule is CNc1cccnc1N1CCC(C(F)(F)F)CC1. The lowest BCUT2D eigenvalue weighted by Gasteiger charge is -2.34. The number of hydrogen-bond donors (Lipinski definition) is 1. The highest BCUT2D eigenvalue weighted by Gasteiger charge is 2.41. The second-order valence-electron chi connectivity index (χ2n) is 4.43. The third-order valence-electron chi connectivity index (χ3n) is 3.31. The first-order chi connectivity index (χ1) is 8.52. The van der Waals surface area contributed by atoms with Gasteiger partial charge in [0.2, 0.25) is 0 Å². The van der Waals surface area contributed by atoms with Crippen molar-refractivity contribution >= 4 is 11.5 Å². The first-order valence-corrected chi connectivity index (χ1v) is 5.97. The maximum Gasteiger partial charge on any atom is 0.391 e. The summed E-state index contributed by atoms with van der Waals surface area (Å²) < 4.78 is 37.7. The van der Waals surface area contributed by atoms with Crippen LogP contribution >= 0.6 is 0 Å². The topological polar surface area (TPSA) is 28.2 Å². The summed E-state index contributed by atoms with van der Waals surface area (Å²) in [4.78, 5) is 6.15. The molecule has 0 saturated carbocycles. The number of pyridine rings is 1. The quantitative estimate of drug-likeness (QED) is 0.885. The minimum atomic E-state index is -4.07. The van der Waals surface area contributed by atoms with Gasteiger partial charge in [-0.15, -0.1) is 0 Å². The maximum atomic E-state index is 12.6. The molecule has 100 valence electrons. The Labute approximate surface area is 104 Å². The molecule has 2 heterocycles. The Kier molecular flexibility index (Phi) is 3.63. The predicted octanol–water partition coefficient (Wildman–Crippen LogP) is 2.90. The third-order valence-corrected chi connectivity index (χ3v) is 3.31. The van der Waals surface area contributed by atoms with E-state index >= 15 is 0 Å². The number of alkyl halides is 3. The van der Waals surface area contributed by atoms with Crippen molar-refractivity contribution < 1.29 is 13.2 Å². The van der Waals surface area contributed by atoms with Gasteiger partial charge in [0.25, 0.3) is 0 Å². The van der Waals surface area contributed by atoms with Gasteiger partial charge >= 0.3 is 6.18 Å². The Morgan fingerprint density at radius 2 is 2.00 bits per heavy atom. The molecule has 0 unspecified atom stereocenters. The minimum absolute atomic E-state index is 0.142. The molecule has 1 aliphatic heterocycles. The summed E-state index contributed by atoms with van der Waals surface area (Å²) in [6.45, 7) is 0.797. The van der Waals surface area contributed by atoms with Crippen LogP contribution in [0.4, 0.5) is 24.7 Å². The van der Waals surface area contributed by atoms with Gasteiger partial charge in [0, 0.05) is 26.3 Å². The number of piperidine rings is 1. The van der Waals surface area contributed by atoms with E-state index in [9.17, 15) is 13.2 Å². The van der Waals surface area contributed by atoms with Crippen molar-refractivity contribution in [3.8, 4) is 0 Å². The van der Waals surface area contributed by atoms with Crippen molar-refractivity contribution in [1.29, 1.82) is 0 Å². The summed E-state index contributed by atoms with van der Waals surface area (Å²) in [5.74, 6) is -0.434. The molecular weight excluding hydrogens is 243 g/mol. The second-order valence-corrected chi connectivity index (χ2v) is 4.43. The lowest BCUT2D eigenvalue weighted by atomic mass is 9.96. The Hall–Kier alpha value is -1.46. The van der Waals surface area contributed by atoms with Gasteiger partial charge < -0.3 is 10.2 Å². The van der Waals surface area contributed by atoms with Crippen LogP contribution in [0.5, 0.6) is 0 Å². The molecule has 0 amide bonds. The van der Waals surface area contributed by atoms with Crippen LogP contribution in [0.1, 0.15) is 12.8 Å². The first-order valence-electron chi connectivity index (χ1n) is 5.97. The molecule has 1 fully saturated rings. The fourth-order valence-electron chi connectivity index (χ4n) is 2.26. The van der Waals surface area contributed by atoms with Crippen LogP contribution in [0.3, 0.4) is 0 Å². The Balaban J connectivity index is 2.06. The van der Waals surface area contributed by atoms with Crippen molar-refractivity contribution in [2.24, 2.45) is 5.92 Å². The molecule has 0 spiro atoms. The van der Waals surface area contributed by atoms with Crippen LogP contribution in [0, 0.1) is 5.92 Å². The van der Waals surface area contributed by atoms with E-state index in [1.807, 2.05) is 11.0 Å². The summed E-state index contributed by atoms with van der Waals surface area (Å²) in [6, 6.07) is 3.68. The average molecular weight is 259 g/mol. The monoisotopic (exact) mass is 259 g/mol. The smallest absolute Gasteiger partial charge is 0.385 e. The molecular formula is C12H16F3N3. The Morgan fingerprint density at radius 1 is 1.33 bits per heavy atom.